The van der Waals surface area contributed by atoms with Gasteiger partial charge in [0.15, 0.2) is 0 Å². The molecule has 2 amide bonds. The summed E-state index contributed by atoms with van der Waals surface area (Å²) in [6, 6.07) is 14.1. The van der Waals surface area contributed by atoms with E-state index in [0.29, 0.717) is 42.0 Å². The predicted octanol–water partition coefficient (Wildman–Crippen LogP) is 4.37. The van der Waals surface area contributed by atoms with Crippen LogP contribution in [0.15, 0.2) is 57.7 Å². The Bertz CT molecular complexity index is 1180. The Balaban J connectivity index is 1.57. The van der Waals surface area contributed by atoms with Crippen LogP contribution in [0.4, 0.5) is 11.4 Å². The van der Waals surface area contributed by atoms with E-state index in [1.807, 2.05) is 23.1 Å². The molecule has 2 aromatic carbocycles. The van der Waals surface area contributed by atoms with E-state index in [0.717, 1.165) is 17.7 Å². The molecule has 0 saturated heterocycles. The molecule has 0 bridgehead atoms. The summed E-state index contributed by atoms with van der Waals surface area (Å²) in [6.45, 7) is 4.96. The summed E-state index contributed by atoms with van der Waals surface area (Å²) >= 11 is 0. The van der Waals surface area contributed by atoms with Crippen LogP contribution in [0.3, 0.4) is 0 Å². The van der Waals surface area contributed by atoms with Gasteiger partial charge in [-0.1, -0.05) is 32.0 Å². The zero-order valence-electron chi connectivity index (χ0n) is 17.1. The minimum atomic E-state index is -0.672. The Morgan fingerprint density at radius 2 is 1.90 bits per heavy atom. The predicted molar refractivity (Wildman–Crippen MR) is 117 cm³/mol. The average molecular weight is 404 g/mol. The molecule has 0 saturated carbocycles. The number of rotatable bonds is 5. The maximum Gasteiger partial charge on any atom is 0.349 e. The summed E-state index contributed by atoms with van der Waals surface area (Å²) in [6.07, 6.45) is 2.02. The van der Waals surface area contributed by atoms with Gasteiger partial charge in [-0.3, -0.25) is 9.59 Å². The molecule has 0 atom stereocenters. The van der Waals surface area contributed by atoms with Crippen molar-refractivity contribution in [3.63, 3.8) is 0 Å². The van der Waals surface area contributed by atoms with Crippen molar-refractivity contribution in [3.8, 4) is 0 Å². The van der Waals surface area contributed by atoms with Gasteiger partial charge in [-0.15, -0.1) is 0 Å². The highest BCUT2D eigenvalue weighted by molar-refractivity contribution is 6.06. The van der Waals surface area contributed by atoms with Crippen LogP contribution in [0, 0.1) is 5.92 Å². The quantitative estimate of drug-likeness (QED) is 0.641. The van der Waals surface area contributed by atoms with E-state index >= 15 is 0 Å². The maximum atomic E-state index is 12.7. The number of nitrogens with one attached hydrogen (secondary N) is 1. The summed E-state index contributed by atoms with van der Waals surface area (Å²) in [5, 5.41) is 3.47. The fourth-order valence-corrected chi connectivity index (χ4v) is 3.69. The first kappa shape index (κ1) is 19.9. The van der Waals surface area contributed by atoms with Crippen molar-refractivity contribution in [3.05, 3.63) is 70.1 Å². The second kappa shape index (κ2) is 8.14. The number of benzene rings is 2. The second-order valence-electron chi connectivity index (χ2n) is 8.01. The molecule has 1 aliphatic rings. The summed E-state index contributed by atoms with van der Waals surface area (Å²) in [4.78, 5) is 39.1. The Kier molecular flexibility index (Phi) is 5.40. The minimum absolute atomic E-state index is 0.0415. The molecule has 6 heteroatoms. The van der Waals surface area contributed by atoms with Crippen molar-refractivity contribution >= 4 is 34.2 Å². The number of carbonyl (C=O) groups excluding carboxylic acids is 2. The molecular formula is C24H24N2O4. The van der Waals surface area contributed by atoms with E-state index in [2.05, 4.69) is 19.2 Å². The number of hydrogen-bond donors (Lipinski definition) is 1. The van der Waals surface area contributed by atoms with E-state index in [4.69, 9.17) is 4.42 Å². The van der Waals surface area contributed by atoms with Gasteiger partial charge in [-0.05, 0) is 54.7 Å². The number of fused-ring (bicyclic) bond motifs is 2. The first-order valence-electron chi connectivity index (χ1n) is 10.2. The van der Waals surface area contributed by atoms with Gasteiger partial charge in [-0.2, -0.15) is 0 Å². The van der Waals surface area contributed by atoms with Crippen LogP contribution in [0.2, 0.25) is 0 Å². The number of carbonyl (C=O) groups is 2. The summed E-state index contributed by atoms with van der Waals surface area (Å²) < 4.78 is 5.25. The Morgan fingerprint density at radius 1 is 1.10 bits per heavy atom. The normalized spacial score (nSPS) is 13.6. The van der Waals surface area contributed by atoms with Crippen LogP contribution in [-0.4, -0.2) is 18.4 Å². The summed E-state index contributed by atoms with van der Waals surface area (Å²) in [5.74, 6) is 0.127. The molecule has 1 aromatic heterocycles. The van der Waals surface area contributed by atoms with Crippen molar-refractivity contribution < 1.29 is 14.0 Å². The lowest BCUT2D eigenvalue weighted by molar-refractivity contribution is -0.118. The van der Waals surface area contributed by atoms with Crippen molar-refractivity contribution in [2.45, 2.75) is 33.1 Å². The van der Waals surface area contributed by atoms with Crippen LogP contribution >= 0.6 is 0 Å². The monoisotopic (exact) mass is 404 g/mol. The molecule has 0 fully saturated rings. The topological polar surface area (TPSA) is 79.6 Å². The van der Waals surface area contributed by atoms with Crippen LogP contribution in [0.1, 0.15) is 42.6 Å². The number of anilines is 2. The van der Waals surface area contributed by atoms with E-state index in [-0.39, 0.29) is 11.5 Å². The van der Waals surface area contributed by atoms with Crippen LogP contribution in [0.25, 0.3) is 11.0 Å². The van der Waals surface area contributed by atoms with Gasteiger partial charge >= 0.3 is 5.63 Å². The number of amides is 2. The van der Waals surface area contributed by atoms with E-state index < -0.39 is 11.5 Å². The third kappa shape index (κ3) is 3.99. The van der Waals surface area contributed by atoms with Gasteiger partial charge in [0.1, 0.15) is 11.1 Å². The van der Waals surface area contributed by atoms with Gasteiger partial charge in [-0.25, -0.2) is 4.79 Å². The molecule has 1 aliphatic heterocycles. The number of para-hydroxylation sites is 1. The standard InChI is InChI=1S/C24H24N2O4/c1-15(2)11-12-26-20-9-8-18(13-16(20)7-10-22(26)27)25-23(28)19-14-17-5-3-4-6-21(17)30-24(19)29/h3-6,8-9,13-15H,7,10-12H2,1-2H3,(H,25,28). The third-order valence-electron chi connectivity index (χ3n) is 5.35. The molecule has 0 radical (unpaired) electrons. The highest BCUT2D eigenvalue weighted by Gasteiger charge is 2.24. The van der Waals surface area contributed by atoms with E-state index in [1.54, 1.807) is 30.3 Å². The van der Waals surface area contributed by atoms with Gasteiger partial charge in [0.05, 0.1) is 0 Å². The molecular weight excluding hydrogens is 380 g/mol. The van der Waals surface area contributed by atoms with Crippen molar-refractivity contribution in [1.82, 2.24) is 0 Å². The van der Waals surface area contributed by atoms with Crippen LogP contribution < -0.4 is 15.8 Å². The van der Waals surface area contributed by atoms with Gasteiger partial charge in [0.25, 0.3) is 5.91 Å². The number of hydrogen-bond acceptors (Lipinski definition) is 4. The lowest BCUT2D eigenvalue weighted by Crippen LogP contribution is -2.36. The number of nitrogens with zero attached hydrogens (tertiary/aromatic N) is 1. The lowest BCUT2D eigenvalue weighted by atomic mass is 9.99. The fraction of sp³-hybridized carbons (Fsp3) is 0.292. The minimum Gasteiger partial charge on any atom is -0.422 e. The zero-order chi connectivity index (χ0) is 21.3. The van der Waals surface area contributed by atoms with Gasteiger partial charge in [0, 0.05) is 29.7 Å². The lowest BCUT2D eigenvalue weighted by Gasteiger charge is -2.30. The molecule has 4 rings (SSSR count). The van der Waals surface area contributed by atoms with Gasteiger partial charge in [0.2, 0.25) is 5.91 Å². The molecule has 3 aromatic rings. The summed E-state index contributed by atoms with van der Waals surface area (Å²) in [7, 11) is 0. The molecule has 0 spiro atoms. The SMILES string of the molecule is CC(C)CCN1C(=O)CCc2cc(NC(=O)c3cc4ccccc4oc3=O)ccc21. The fourth-order valence-electron chi connectivity index (χ4n) is 3.69. The highest BCUT2D eigenvalue weighted by Crippen LogP contribution is 2.31. The Labute approximate surface area is 174 Å². The first-order valence-corrected chi connectivity index (χ1v) is 10.2. The zero-order valence-corrected chi connectivity index (χ0v) is 17.1. The van der Waals surface area contributed by atoms with Crippen LogP contribution in [-0.2, 0) is 11.2 Å². The largest absolute Gasteiger partial charge is 0.422 e. The number of aryl methyl sites for hydroxylation is 1. The average Bonchev–Trinajstić information content (AvgIpc) is 2.72. The van der Waals surface area contributed by atoms with Crippen molar-refractivity contribution in [1.29, 1.82) is 0 Å². The van der Waals surface area contributed by atoms with Crippen molar-refractivity contribution in [2.75, 3.05) is 16.8 Å². The molecule has 30 heavy (non-hydrogen) atoms. The van der Waals surface area contributed by atoms with E-state index in [9.17, 15) is 14.4 Å². The molecule has 6 nitrogen and oxygen atoms in total. The van der Waals surface area contributed by atoms with Gasteiger partial charge < -0.3 is 14.6 Å². The highest BCUT2D eigenvalue weighted by atomic mass is 16.4. The Morgan fingerprint density at radius 3 is 2.70 bits per heavy atom. The van der Waals surface area contributed by atoms with Crippen LogP contribution in [0.5, 0.6) is 0 Å². The first-order chi connectivity index (χ1) is 14.4. The van der Waals surface area contributed by atoms with E-state index in [1.165, 1.54) is 0 Å². The molecule has 0 aliphatic carbocycles. The smallest absolute Gasteiger partial charge is 0.349 e. The molecule has 2 heterocycles. The second-order valence-corrected chi connectivity index (χ2v) is 8.01. The third-order valence-corrected chi connectivity index (χ3v) is 5.35. The Hall–Kier alpha value is -3.41. The molecule has 1 N–H and O–H groups in total. The van der Waals surface area contributed by atoms with Crippen molar-refractivity contribution in [2.24, 2.45) is 5.92 Å². The summed E-state index contributed by atoms with van der Waals surface area (Å²) in [5.41, 5.74) is 2.23. The molecule has 0 unspecified atom stereocenters. The maximum absolute atomic E-state index is 12.7. The molecule has 154 valence electrons.